The summed E-state index contributed by atoms with van der Waals surface area (Å²) in [7, 11) is 0. The molecule has 0 saturated heterocycles. The molecule has 1 atom stereocenters. The fraction of sp³-hybridized carbons (Fsp3) is 0.615. The van der Waals surface area contributed by atoms with Crippen molar-refractivity contribution < 1.29 is 14.7 Å². The molecule has 29 heavy (non-hydrogen) atoms. The fourth-order valence-corrected chi connectivity index (χ4v) is 2.02. The summed E-state index contributed by atoms with van der Waals surface area (Å²) in [6.45, 7) is 17.7. The highest BCUT2D eigenvalue weighted by Gasteiger charge is 2.12. The Morgan fingerprint density at radius 1 is 0.931 bits per heavy atom. The van der Waals surface area contributed by atoms with Crippen LogP contribution < -0.4 is 0 Å². The van der Waals surface area contributed by atoms with Crippen LogP contribution in [0.4, 0.5) is 0 Å². The van der Waals surface area contributed by atoms with Crippen molar-refractivity contribution in [2.75, 3.05) is 0 Å². The molecular formula is C26H46O3. The SMILES string of the molecule is C=CC(C)(O)CCC=C(C)C.CC(C)=CCCC(C)=CC=O.CCCCCC=O. The Labute approximate surface area is 180 Å². The number of unbranched alkanes of at least 4 members (excludes halogenated alkanes) is 3. The Morgan fingerprint density at radius 3 is 1.90 bits per heavy atom. The van der Waals surface area contributed by atoms with Crippen molar-refractivity contribution in [1.82, 2.24) is 0 Å². The number of aldehydes is 2. The molecule has 0 aromatic heterocycles. The summed E-state index contributed by atoms with van der Waals surface area (Å²) in [6.07, 6.45) is 17.3. The zero-order valence-electron chi connectivity index (χ0n) is 20.1. The van der Waals surface area contributed by atoms with E-state index < -0.39 is 5.60 Å². The Bertz CT molecular complexity index is 500. The summed E-state index contributed by atoms with van der Waals surface area (Å²) in [4.78, 5) is 19.7. The van der Waals surface area contributed by atoms with Crippen molar-refractivity contribution >= 4 is 12.6 Å². The number of carbonyl (C=O) groups is 2. The fourth-order valence-electron chi connectivity index (χ4n) is 2.02. The van der Waals surface area contributed by atoms with E-state index in [-0.39, 0.29) is 0 Å². The predicted molar refractivity (Wildman–Crippen MR) is 128 cm³/mol. The average Bonchev–Trinajstić information content (AvgIpc) is 2.63. The molecule has 3 nitrogen and oxygen atoms in total. The predicted octanol–water partition coefficient (Wildman–Crippen LogP) is 7.31. The van der Waals surface area contributed by atoms with E-state index in [0.717, 1.165) is 56.7 Å². The maximum Gasteiger partial charge on any atom is 0.142 e. The summed E-state index contributed by atoms with van der Waals surface area (Å²) in [6, 6.07) is 0. The summed E-state index contributed by atoms with van der Waals surface area (Å²) in [5, 5.41) is 9.49. The third kappa shape index (κ3) is 34.2. The van der Waals surface area contributed by atoms with Gasteiger partial charge in [-0.1, -0.05) is 54.7 Å². The molecule has 0 amide bonds. The maximum atomic E-state index is 10.0. The second-order valence-electron chi connectivity index (χ2n) is 8.01. The van der Waals surface area contributed by atoms with Crippen molar-refractivity contribution in [3.05, 3.63) is 47.6 Å². The van der Waals surface area contributed by atoms with Gasteiger partial charge in [0.05, 0.1) is 5.60 Å². The highest BCUT2D eigenvalue weighted by molar-refractivity contribution is 5.65. The summed E-state index contributed by atoms with van der Waals surface area (Å²) >= 11 is 0. The molecule has 0 bridgehead atoms. The third-order valence-corrected chi connectivity index (χ3v) is 4.01. The molecule has 0 fully saturated rings. The van der Waals surface area contributed by atoms with E-state index >= 15 is 0 Å². The van der Waals surface area contributed by atoms with E-state index in [0.29, 0.717) is 0 Å². The van der Waals surface area contributed by atoms with Crippen LogP contribution in [0.15, 0.2) is 47.6 Å². The molecule has 0 aromatic carbocycles. The molecule has 0 radical (unpaired) electrons. The van der Waals surface area contributed by atoms with E-state index in [9.17, 15) is 14.7 Å². The largest absolute Gasteiger partial charge is 0.386 e. The molecule has 0 aliphatic heterocycles. The number of carbonyl (C=O) groups excluding carboxylic acids is 2. The van der Waals surface area contributed by atoms with Crippen molar-refractivity contribution in [3.63, 3.8) is 0 Å². The first-order chi connectivity index (χ1) is 13.6. The first-order valence-electron chi connectivity index (χ1n) is 10.7. The smallest absolute Gasteiger partial charge is 0.142 e. The average molecular weight is 407 g/mol. The number of allylic oxidation sites excluding steroid dienone is 6. The standard InChI is InChI=1S/C10H16O.C10H18O.C6H12O/c1-9(2)5-4-6-10(3)7-8-11;1-5-10(4,11)8-6-7-9(2)3;1-2-3-4-5-6-7/h5,7-8H,4,6H2,1-3H3;5,7,11H,1,6,8H2,2-4H3;6H,2-5H2,1H3. The first-order valence-corrected chi connectivity index (χ1v) is 10.7. The highest BCUT2D eigenvalue weighted by atomic mass is 16.3. The third-order valence-electron chi connectivity index (χ3n) is 4.01. The first kappa shape index (κ1) is 31.9. The quantitative estimate of drug-likeness (QED) is 0.160. The lowest BCUT2D eigenvalue weighted by Crippen LogP contribution is -2.19. The van der Waals surface area contributed by atoms with Crippen LogP contribution in [0.3, 0.4) is 0 Å². The molecule has 1 unspecified atom stereocenters. The Hall–Kier alpha value is -1.74. The van der Waals surface area contributed by atoms with Crippen LogP contribution in [-0.2, 0) is 9.59 Å². The van der Waals surface area contributed by atoms with Crippen LogP contribution in [0.2, 0.25) is 0 Å². The highest BCUT2D eigenvalue weighted by Crippen LogP contribution is 2.13. The van der Waals surface area contributed by atoms with Crippen molar-refractivity contribution in [1.29, 1.82) is 0 Å². The van der Waals surface area contributed by atoms with Gasteiger partial charge in [-0.15, -0.1) is 6.58 Å². The van der Waals surface area contributed by atoms with E-state index in [2.05, 4.69) is 53.3 Å². The van der Waals surface area contributed by atoms with E-state index in [1.807, 2.05) is 6.92 Å². The molecule has 3 heteroatoms. The lowest BCUT2D eigenvalue weighted by Gasteiger charge is -2.16. The number of rotatable bonds is 12. The molecule has 0 aromatic rings. The Kier molecular flexibility index (Phi) is 24.8. The lowest BCUT2D eigenvalue weighted by atomic mass is 10.00. The molecule has 0 saturated carbocycles. The van der Waals surface area contributed by atoms with E-state index in [1.54, 1.807) is 19.1 Å². The van der Waals surface area contributed by atoms with Crippen LogP contribution >= 0.6 is 0 Å². The van der Waals surface area contributed by atoms with Gasteiger partial charge >= 0.3 is 0 Å². The van der Waals surface area contributed by atoms with Gasteiger partial charge in [-0.3, -0.25) is 4.79 Å². The van der Waals surface area contributed by atoms with Crippen LogP contribution in [0, 0.1) is 0 Å². The minimum atomic E-state index is -0.702. The van der Waals surface area contributed by atoms with Crippen molar-refractivity contribution in [2.45, 2.75) is 105 Å². The normalized spacial score (nSPS) is 12.1. The lowest BCUT2D eigenvalue weighted by molar-refractivity contribution is -0.108. The molecular weight excluding hydrogens is 360 g/mol. The molecule has 168 valence electrons. The van der Waals surface area contributed by atoms with Gasteiger partial charge in [0.1, 0.15) is 12.6 Å². The van der Waals surface area contributed by atoms with Crippen molar-refractivity contribution in [3.8, 4) is 0 Å². The van der Waals surface area contributed by atoms with Crippen molar-refractivity contribution in [2.24, 2.45) is 0 Å². The van der Waals surface area contributed by atoms with Gasteiger partial charge in [-0.2, -0.15) is 0 Å². The topological polar surface area (TPSA) is 54.4 Å². The Morgan fingerprint density at radius 2 is 1.48 bits per heavy atom. The second-order valence-corrected chi connectivity index (χ2v) is 8.01. The maximum absolute atomic E-state index is 10.0. The van der Waals surface area contributed by atoms with Gasteiger partial charge in [-0.25, -0.2) is 0 Å². The zero-order valence-corrected chi connectivity index (χ0v) is 20.1. The molecule has 0 heterocycles. The molecule has 1 N–H and O–H groups in total. The van der Waals surface area contributed by atoms with E-state index in [1.165, 1.54) is 24.0 Å². The molecule has 0 aliphatic carbocycles. The zero-order chi connectivity index (χ0) is 23.1. The minimum absolute atomic E-state index is 0.702. The minimum Gasteiger partial charge on any atom is -0.386 e. The summed E-state index contributed by atoms with van der Waals surface area (Å²) in [5.74, 6) is 0. The molecule has 0 spiro atoms. The van der Waals surface area contributed by atoms with Gasteiger partial charge in [0.15, 0.2) is 0 Å². The van der Waals surface area contributed by atoms with Gasteiger partial charge < -0.3 is 9.90 Å². The monoisotopic (exact) mass is 406 g/mol. The Balaban J connectivity index is -0.000000360. The number of aliphatic hydroxyl groups is 1. The molecule has 0 rings (SSSR count). The number of hydrogen-bond acceptors (Lipinski definition) is 3. The van der Waals surface area contributed by atoms with Gasteiger partial charge in [-0.05, 0) is 79.7 Å². The number of hydrogen-bond donors (Lipinski definition) is 1. The summed E-state index contributed by atoms with van der Waals surface area (Å²) < 4.78 is 0. The van der Waals surface area contributed by atoms with Gasteiger partial charge in [0.25, 0.3) is 0 Å². The molecule has 0 aliphatic rings. The second kappa shape index (κ2) is 22.5. The van der Waals surface area contributed by atoms with Gasteiger partial charge in [0.2, 0.25) is 0 Å². The van der Waals surface area contributed by atoms with E-state index in [4.69, 9.17) is 0 Å². The summed E-state index contributed by atoms with van der Waals surface area (Å²) in [5.41, 5.74) is 3.08. The van der Waals surface area contributed by atoms with Crippen LogP contribution in [-0.4, -0.2) is 23.3 Å². The van der Waals surface area contributed by atoms with Gasteiger partial charge in [0, 0.05) is 6.42 Å². The van der Waals surface area contributed by atoms with Crippen LogP contribution in [0.25, 0.3) is 0 Å². The van der Waals surface area contributed by atoms with Crippen LogP contribution in [0.5, 0.6) is 0 Å². The van der Waals surface area contributed by atoms with Crippen LogP contribution in [0.1, 0.15) is 99.8 Å².